The van der Waals surface area contributed by atoms with E-state index in [0.29, 0.717) is 39.6 Å². The Morgan fingerprint density at radius 3 is 2.44 bits per heavy atom. The Kier molecular flexibility index (Phi) is 7.76. The van der Waals surface area contributed by atoms with Crippen molar-refractivity contribution in [2.24, 2.45) is 0 Å². The van der Waals surface area contributed by atoms with E-state index in [2.05, 4.69) is 46.2 Å². The third-order valence-electron chi connectivity index (χ3n) is 7.55. The molecular weight excluding hydrogens is 476 g/mol. The van der Waals surface area contributed by atoms with Crippen molar-refractivity contribution in [3.05, 3.63) is 61.7 Å². The number of halogens is 1. The van der Waals surface area contributed by atoms with Crippen LogP contribution in [-0.4, -0.2) is 58.1 Å². The minimum atomic E-state index is -0.254. The van der Waals surface area contributed by atoms with Gasteiger partial charge in [0.05, 0.1) is 17.8 Å². The second kappa shape index (κ2) is 10.6. The molecule has 0 radical (unpaired) electrons. The Hall–Kier alpha value is -2.84. The third kappa shape index (κ3) is 5.15. The molecule has 1 saturated carbocycles. The van der Waals surface area contributed by atoms with Crippen molar-refractivity contribution in [2.75, 3.05) is 25.5 Å². The third-order valence-corrected chi connectivity index (χ3v) is 7.76. The number of fused-ring (bicyclic) bond motifs is 1. The maximum atomic E-state index is 13.3. The summed E-state index contributed by atoms with van der Waals surface area (Å²) < 4.78 is 1.41. The maximum absolute atomic E-state index is 13.3. The van der Waals surface area contributed by atoms with Crippen LogP contribution in [0.1, 0.15) is 65.5 Å². The van der Waals surface area contributed by atoms with Gasteiger partial charge in [0, 0.05) is 46.7 Å². The summed E-state index contributed by atoms with van der Waals surface area (Å²) in [6, 6.07) is 6.54. The summed E-state index contributed by atoms with van der Waals surface area (Å²) in [5.41, 5.74) is 4.70. The van der Waals surface area contributed by atoms with E-state index in [0.717, 1.165) is 49.2 Å². The molecule has 2 N–H and O–H groups in total. The molecule has 2 heterocycles. The topological polar surface area (TPSA) is 85.7 Å². The molecule has 2 aromatic heterocycles. The number of hydrogen-bond acceptors (Lipinski definition) is 5. The Bertz CT molecular complexity index is 1320. The van der Waals surface area contributed by atoms with Crippen LogP contribution in [0.3, 0.4) is 0 Å². The van der Waals surface area contributed by atoms with E-state index in [-0.39, 0.29) is 18.0 Å². The van der Waals surface area contributed by atoms with Crippen molar-refractivity contribution in [3.8, 4) is 0 Å². The number of carbonyl (C=O) groups excluding carboxylic acids is 1. The van der Waals surface area contributed by atoms with Crippen LogP contribution in [0.15, 0.2) is 23.0 Å². The number of H-pyrrole nitrogens is 1. The van der Waals surface area contributed by atoms with Gasteiger partial charge in [-0.15, -0.1) is 0 Å². The molecule has 1 amide bonds. The van der Waals surface area contributed by atoms with Crippen molar-refractivity contribution in [2.45, 2.75) is 72.0 Å². The highest BCUT2D eigenvalue weighted by Crippen LogP contribution is 2.34. The zero-order chi connectivity index (χ0) is 26.1. The first-order valence-corrected chi connectivity index (χ1v) is 13.1. The lowest BCUT2D eigenvalue weighted by atomic mass is 9.89. The highest BCUT2D eigenvalue weighted by Gasteiger charge is 2.28. The number of carbonyl (C=O) groups is 1. The first kappa shape index (κ1) is 26.2. The average Bonchev–Trinajstić information content (AvgIpc) is 3.21. The maximum Gasteiger partial charge on any atom is 0.277 e. The van der Waals surface area contributed by atoms with E-state index in [9.17, 15) is 9.59 Å². The normalized spacial score (nSPS) is 18.1. The summed E-state index contributed by atoms with van der Waals surface area (Å²) >= 11 is 6.53. The number of rotatable bonds is 7. The number of amides is 1. The van der Waals surface area contributed by atoms with Crippen LogP contribution in [0.2, 0.25) is 5.02 Å². The number of aromatic amines is 1. The second-order valence-corrected chi connectivity index (χ2v) is 10.5. The average molecular weight is 513 g/mol. The molecule has 0 bridgehead atoms. The van der Waals surface area contributed by atoms with Crippen molar-refractivity contribution in [3.63, 3.8) is 0 Å². The molecule has 0 spiro atoms. The van der Waals surface area contributed by atoms with E-state index in [1.54, 1.807) is 13.0 Å². The lowest BCUT2D eigenvalue weighted by Gasteiger charge is -2.40. The Balaban J connectivity index is 1.56. The first-order chi connectivity index (χ1) is 17.1. The molecule has 9 heteroatoms. The zero-order valence-electron chi connectivity index (χ0n) is 22.1. The van der Waals surface area contributed by atoms with Crippen LogP contribution >= 0.6 is 11.6 Å². The second-order valence-electron chi connectivity index (χ2n) is 10.1. The summed E-state index contributed by atoms with van der Waals surface area (Å²) in [7, 11) is 4.30. The number of hydrogen-bond donors (Lipinski definition) is 2. The summed E-state index contributed by atoms with van der Waals surface area (Å²) in [6.45, 7) is 8.72. The number of nitrogens with one attached hydrogen (secondary N) is 2. The fourth-order valence-electron chi connectivity index (χ4n) is 5.47. The van der Waals surface area contributed by atoms with Gasteiger partial charge in [-0.2, -0.15) is 0 Å². The lowest BCUT2D eigenvalue weighted by molar-refractivity contribution is 0.0950. The fourth-order valence-corrected chi connectivity index (χ4v) is 5.68. The smallest absolute Gasteiger partial charge is 0.277 e. The molecule has 1 aromatic carbocycles. The molecule has 1 aliphatic carbocycles. The molecule has 0 unspecified atom stereocenters. The molecule has 8 nitrogen and oxygen atoms in total. The van der Waals surface area contributed by atoms with Gasteiger partial charge < -0.3 is 15.1 Å². The predicted molar refractivity (Wildman–Crippen MR) is 145 cm³/mol. The van der Waals surface area contributed by atoms with Crippen LogP contribution in [0.25, 0.3) is 5.65 Å². The number of aryl methyl sites for hydroxylation is 2. The van der Waals surface area contributed by atoms with Crippen molar-refractivity contribution < 1.29 is 4.79 Å². The van der Waals surface area contributed by atoms with Crippen LogP contribution in [0.4, 0.5) is 5.69 Å². The monoisotopic (exact) mass is 512 g/mol. The minimum absolute atomic E-state index is 0.0881. The van der Waals surface area contributed by atoms with Crippen LogP contribution < -0.4 is 15.8 Å². The molecule has 1 fully saturated rings. The number of aromatic nitrogens is 3. The molecule has 36 heavy (non-hydrogen) atoms. The zero-order valence-corrected chi connectivity index (χ0v) is 22.9. The first-order valence-electron chi connectivity index (χ1n) is 12.7. The number of benzene rings is 1. The highest BCUT2D eigenvalue weighted by atomic mass is 35.5. The van der Waals surface area contributed by atoms with Gasteiger partial charge in [-0.25, -0.2) is 9.50 Å². The van der Waals surface area contributed by atoms with Crippen molar-refractivity contribution in [1.29, 1.82) is 0 Å². The van der Waals surface area contributed by atoms with E-state index in [1.165, 1.54) is 4.52 Å². The summed E-state index contributed by atoms with van der Waals surface area (Å²) in [5.74, 6) is -0.254. The van der Waals surface area contributed by atoms with Crippen LogP contribution in [0, 0.1) is 20.8 Å². The predicted octanol–water partition coefficient (Wildman–Crippen LogP) is 4.23. The molecule has 3 aromatic rings. The van der Waals surface area contributed by atoms with Gasteiger partial charge in [0.25, 0.3) is 11.5 Å². The highest BCUT2D eigenvalue weighted by molar-refractivity contribution is 6.31. The molecular formula is C27H37ClN6O2. The Labute approximate surface area is 217 Å². The summed E-state index contributed by atoms with van der Waals surface area (Å²) in [5, 5.41) is 6.46. The van der Waals surface area contributed by atoms with Crippen molar-refractivity contribution >= 4 is 28.8 Å². The Morgan fingerprint density at radius 2 is 1.81 bits per heavy atom. The van der Waals surface area contributed by atoms with Gasteiger partial charge in [-0.05, 0) is 85.2 Å². The summed E-state index contributed by atoms with van der Waals surface area (Å²) in [4.78, 5) is 35.5. The molecule has 194 valence electrons. The largest absolute Gasteiger partial charge is 0.369 e. The SMILES string of the molecule is CCN(c1cc(Cl)cc(C(=O)NCc2c(C)nc3cc(C)[nH]n3c2=O)c1C)C1CCC(N(C)C)CC1. The molecule has 0 atom stereocenters. The van der Waals surface area contributed by atoms with Crippen molar-refractivity contribution in [1.82, 2.24) is 24.8 Å². The van der Waals surface area contributed by atoms with Gasteiger partial charge in [0.1, 0.15) is 0 Å². The minimum Gasteiger partial charge on any atom is -0.369 e. The molecule has 0 saturated heterocycles. The number of nitrogens with zero attached hydrogens (tertiary/aromatic N) is 4. The summed E-state index contributed by atoms with van der Waals surface area (Å²) in [6.07, 6.45) is 4.55. The van der Waals surface area contributed by atoms with Gasteiger partial charge >= 0.3 is 0 Å². The molecule has 0 aliphatic heterocycles. The molecule has 1 aliphatic rings. The van der Waals surface area contributed by atoms with E-state index < -0.39 is 0 Å². The quantitative estimate of drug-likeness (QED) is 0.495. The van der Waals surface area contributed by atoms with Crippen LogP contribution in [0.5, 0.6) is 0 Å². The van der Waals surface area contributed by atoms with Gasteiger partial charge in [0.15, 0.2) is 5.65 Å². The fraction of sp³-hybridized carbons (Fsp3) is 0.519. The Morgan fingerprint density at radius 1 is 1.14 bits per heavy atom. The van der Waals surface area contributed by atoms with E-state index in [1.807, 2.05) is 26.0 Å². The number of anilines is 1. The van der Waals surface area contributed by atoms with Gasteiger partial charge in [0.2, 0.25) is 0 Å². The molecule has 4 rings (SSSR count). The van der Waals surface area contributed by atoms with Gasteiger partial charge in [-0.3, -0.25) is 14.7 Å². The van der Waals surface area contributed by atoms with E-state index >= 15 is 0 Å². The van der Waals surface area contributed by atoms with Gasteiger partial charge in [-0.1, -0.05) is 11.6 Å². The standard InChI is InChI=1S/C27H37ClN6O2/c1-7-33(21-10-8-20(9-11-21)32(5)6)24-14-19(28)13-22(17(24)3)26(35)29-15-23-18(4)30-25-12-16(2)31-34(25)27(23)36/h12-14,20-21,31H,7-11,15H2,1-6H3,(H,29,35). The van der Waals surface area contributed by atoms with Crippen LogP contribution in [-0.2, 0) is 6.54 Å². The van der Waals surface area contributed by atoms with E-state index in [4.69, 9.17) is 11.6 Å². The lowest BCUT2D eigenvalue weighted by Crippen LogP contribution is -2.42.